The number of para-hydroxylation sites is 10. The van der Waals surface area contributed by atoms with Gasteiger partial charge < -0.3 is 19.6 Å². The smallest absolute Gasteiger partial charge is 0.196 e. The first-order valence-corrected chi connectivity index (χ1v) is 22.7. The lowest BCUT2D eigenvalue weighted by Gasteiger charge is -2.40. The van der Waals surface area contributed by atoms with Crippen molar-refractivity contribution in [3.05, 3.63) is 241 Å². The van der Waals surface area contributed by atoms with Gasteiger partial charge in [-0.15, -0.1) is 0 Å². The second-order valence-corrected chi connectivity index (χ2v) is 18.8. The highest BCUT2D eigenvalue weighted by atomic mass is 31.2. The topological polar surface area (TPSA) is 64.9 Å². The molecule has 0 aliphatic carbocycles. The minimum Gasteiger partial charge on any atom is -0.306 e. The highest BCUT2D eigenvalue weighted by Crippen LogP contribution is 2.59. The molecule has 3 aliphatic rings. The molecule has 7 nitrogen and oxygen atoms in total. The average molecular weight is 838 g/mol. The van der Waals surface area contributed by atoms with Gasteiger partial charge in [-0.3, -0.25) is 0 Å². The third-order valence-electron chi connectivity index (χ3n) is 12.1. The fraction of sp³-hybridized carbons (Fsp3) is 0. The molecule has 8 aromatic carbocycles. The van der Waals surface area contributed by atoms with Gasteiger partial charge in [-0.05, 0) is 120 Å². The normalized spacial score (nSPS) is 14.4. The summed E-state index contributed by atoms with van der Waals surface area (Å²) >= 11 is 0. The van der Waals surface area contributed by atoms with E-state index in [0.717, 1.165) is 78.9 Å². The third-order valence-corrected chi connectivity index (χ3v) is 16.1. The summed E-state index contributed by atoms with van der Waals surface area (Å²) in [6.45, 7) is 5.52. The number of anilines is 12. The molecule has 0 aromatic heterocycles. The Morgan fingerprint density at radius 2 is 0.656 bits per heavy atom. The lowest BCUT2D eigenvalue weighted by atomic mass is 10.0. The van der Waals surface area contributed by atoms with Crippen molar-refractivity contribution >= 4 is 91.2 Å². The molecule has 11 rings (SSSR count). The molecule has 0 radical (unpaired) electrons. The number of fused-ring (bicyclic) bond motifs is 4. The monoisotopic (exact) mass is 837 g/mol. The Hall–Kier alpha value is -8.79. The van der Waals surface area contributed by atoms with Gasteiger partial charge in [-0.1, -0.05) is 109 Å². The summed E-state index contributed by atoms with van der Waals surface area (Å²) < 4.78 is 0. The first-order valence-electron chi connectivity index (χ1n) is 20.9. The Morgan fingerprint density at radius 1 is 0.359 bits per heavy atom. The molecule has 8 heteroatoms. The van der Waals surface area contributed by atoms with Crippen LogP contribution in [0.1, 0.15) is 0 Å². The Balaban J connectivity index is 1.05. The van der Waals surface area contributed by atoms with E-state index < -0.39 is 6.89 Å². The van der Waals surface area contributed by atoms with E-state index in [1.807, 2.05) is 12.1 Å². The Morgan fingerprint density at radius 3 is 0.938 bits per heavy atom. The van der Waals surface area contributed by atoms with Crippen molar-refractivity contribution in [1.82, 2.24) is 0 Å². The molecular weight excluding hydrogens is 802 g/mol. The molecule has 3 heterocycles. The van der Waals surface area contributed by atoms with E-state index in [0.29, 0.717) is 16.3 Å². The van der Waals surface area contributed by atoms with Crippen LogP contribution < -0.4 is 30.2 Å². The van der Waals surface area contributed by atoms with Crippen molar-refractivity contribution in [3.63, 3.8) is 0 Å². The van der Waals surface area contributed by atoms with Gasteiger partial charge >= 0.3 is 0 Å². The quantitative estimate of drug-likeness (QED) is 0.123. The number of nitrogens with zero attached hydrogens (tertiary/aromatic N) is 7. The number of hydrogen-bond acceptors (Lipinski definition) is 6. The van der Waals surface area contributed by atoms with Gasteiger partial charge in [0.25, 0.3) is 0 Å². The largest absolute Gasteiger partial charge is 0.306 e. The summed E-state index contributed by atoms with van der Waals surface area (Å²) in [6.07, 6.45) is 3.35. The van der Waals surface area contributed by atoms with Crippen LogP contribution in [0.15, 0.2) is 229 Å². The SMILES string of the molecule is [C-]#[N+]C1=P(c2ccc(N3c4ccccc4N(c4ccccc4)c4ccccc43)cc2)(c2ccc(N3c4ccccc4N(c4ccccc4)c4ccccc43)cc2)C(C#N)=CC(C#N)=C1. The molecule has 0 saturated heterocycles. The summed E-state index contributed by atoms with van der Waals surface area (Å²) in [4.78, 5) is 13.3. The van der Waals surface area contributed by atoms with Crippen LogP contribution in [0.2, 0.25) is 0 Å². The molecule has 0 amide bonds. The highest BCUT2D eigenvalue weighted by molar-refractivity contribution is 7.93. The molecule has 300 valence electrons. The van der Waals surface area contributed by atoms with Crippen molar-refractivity contribution < 1.29 is 0 Å². The average Bonchev–Trinajstić information content (AvgIpc) is 3.37. The molecule has 0 spiro atoms. The molecule has 0 saturated carbocycles. The van der Waals surface area contributed by atoms with Crippen LogP contribution in [-0.2, 0) is 0 Å². The molecule has 0 N–H and O–H groups in total. The zero-order valence-electron chi connectivity index (χ0n) is 34.4. The molecule has 0 atom stereocenters. The summed E-state index contributed by atoms with van der Waals surface area (Å²) in [5.74, 6) is 0. The minimum atomic E-state index is -3.07. The molecule has 3 aliphatic heterocycles. The molecule has 0 fully saturated rings. The van der Waals surface area contributed by atoms with Gasteiger partial charge in [-0.25, -0.2) is 4.85 Å². The first-order chi connectivity index (χ1) is 31.6. The van der Waals surface area contributed by atoms with Crippen LogP contribution in [-0.4, -0.2) is 5.42 Å². The van der Waals surface area contributed by atoms with Gasteiger partial charge in [0.05, 0.1) is 69.5 Å². The lowest BCUT2D eigenvalue weighted by Crippen LogP contribution is -2.26. The fourth-order valence-electron chi connectivity index (χ4n) is 9.42. The summed E-state index contributed by atoms with van der Waals surface area (Å²) in [5.41, 5.74) is 13.0. The maximum absolute atomic E-state index is 11.0. The molecule has 8 aromatic rings. The molecular formula is C56H36N7P. The van der Waals surface area contributed by atoms with Crippen LogP contribution in [0.5, 0.6) is 0 Å². The van der Waals surface area contributed by atoms with Crippen molar-refractivity contribution in [3.8, 4) is 12.1 Å². The predicted octanol–water partition coefficient (Wildman–Crippen LogP) is 14.1. The second-order valence-electron chi connectivity index (χ2n) is 15.5. The van der Waals surface area contributed by atoms with Crippen LogP contribution in [0.4, 0.5) is 68.2 Å². The fourth-order valence-corrected chi connectivity index (χ4v) is 13.2. The number of hydrogen-bond donors (Lipinski definition) is 0. The van der Waals surface area contributed by atoms with Gasteiger partial charge in [0.2, 0.25) is 0 Å². The van der Waals surface area contributed by atoms with Crippen LogP contribution in [0.3, 0.4) is 0 Å². The van der Waals surface area contributed by atoms with Gasteiger partial charge in [-0.2, -0.15) is 10.5 Å². The first kappa shape index (κ1) is 38.2. The zero-order valence-corrected chi connectivity index (χ0v) is 35.3. The standard InChI is InChI=1S/C56H36N7P/c1-59-56-37-40(38-57)36-47(39-58)64(56,45-32-28-43(29-33-45)62-52-24-12-8-20-48(52)60(41-16-4-2-5-17-41)49-21-9-13-25-53(49)62)46-34-30-44(31-35-46)63-54-26-14-10-22-50(54)61(42-18-6-3-7-19-42)51-23-11-15-27-55(51)63/h2-37H. The van der Waals surface area contributed by atoms with E-state index in [-0.39, 0.29) is 0 Å². The van der Waals surface area contributed by atoms with Gasteiger partial charge in [0.15, 0.2) is 5.42 Å². The van der Waals surface area contributed by atoms with E-state index in [9.17, 15) is 10.5 Å². The summed E-state index contributed by atoms with van der Waals surface area (Å²) in [6, 6.07) is 75.8. The minimum absolute atomic E-state index is 0.292. The summed E-state index contributed by atoms with van der Waals surface area (Å²) in [7, 11) is 0. The Bertz CT molecular complexity index is 3110. The number of nitriles is 2. The van der Waals surface area contributed by atoms with E-state index in [2.05, 4.69) is 231 Å². The molecule has 0 unspecified atom stereocenters. The predicted molar refractivity (Wildman–Crippen MR) is 264 cm³/mol. The maximum atomic E-state index is 11.0. The van der Waals surface area contributed by atoms with E-state index in [1.165, 1.54) is 0 Å². The Labute approximate surface area is 372 Å². The van der Waals surface area contributed by atoms with E-state index in [4.69, 9.17) is 6.57 Å². The zero-order chi connectivity index (χ0) is 43.2. The number of allylic oxidation sites excluding steroid dienone is 3. The number of rotatable bonds is 6. The van der Waals surface area contributed by atoms with Crippen molar-refractivity contribution in [2.24, 2.45) is 0 Å². The van der Waals surface area contributed by atoms with E-state index >= 15 is 0 Å². The van der Waals surface area contributed by atoms with Crippen LogP contribution in [0, 0.1) is 29.2 Å². The number of benzene rings is 8. The third kappa shape index (κ3) is 5.87. The van der Waals surface area contributed by atoms with Crippen molar-refractivity contribution in [1.29, 1.82) is 10.5 Å². The molecule has 64 heavy (non-hydrogen) atoms. The summed E-state index contributed by atoms with van der Waals surface area (Å²) in [5, 5.41) is 23.2. The van der Waals surface area contributed by atoms with Gasteiger partial charge in [0, 0.05) is 35.2 Å². The van der Waals surface area contributed by atoms with Crippen LogP contribution in [0.25, 0.3) is 4.85 Å². The van der Waals surface area contributed by atoms with E-state index in [1.54, 1.807) is 12.2 Å². The maximum Gasteiger partial charge on any atom is 0.196 e. The molecule has 0 bridgehead atoms. The highest BCUT2D eigenvalue weighted by Gasteiger charge is 2.37. The second kappa shape index (κ2) is 15.6. The Kier molecular flexibility index (Phi) is 9.30. The van der Waals surface area contributed by atoms with Gasteiger partial charge in [0.1, 0.15) is 0 Å². The van der Waals surface area contributed by atoms with Crippen molar-refractivity contribution in [2.75, 3.05) is 19.6 Å². The van der Waals surface area contributed by atoms with Crippen LogP contribution >= 0.6 is 6.89 Å². The van der Waals surface area contributed by atoms with Crippen molar-refractivity contribution in [2.45, 2.75) is 0 Å². The lowest BCUT2D eigenvalue weighted by molar-refractivity contribution is 1.17.